The molecule has 0 saturated heterocycles. The number of rotatable bonds is 5. The summed E-state index contributed by atoms with van der Waals surface area (Å²) in [4.78, 5) is 30.4. The molecule has 1 aliphatic heterocycles. The van der Waals surface area contributed by atoms with Gasteiger partial charge >= 0.3 is 0 Å². The van der Waals surface area contributed by atoms with Gasteiger partial charge in [0.25, 0.3) is 11.5 Å². The molecular weight excluding hydrogens is 324 g/mol. The number of hydrogen-bond donors (Lipinski definition) is 4. The Kier molecular flexibility index (Phi) is 4.55. The first-order valence-corrected chi connectivity index (χ1v) is 7.65. The van der Waals surface area contributed by atoms with Crippen molar-refractivity contribution >= 4 is 23.2 Å². The summed E-state index contributed by atoms with van der Waals surface area (Å²) in [7, 11) is 0. The van der Waals surface area contributed by atoms with Gasteiger partial charge < -0.3 is 15.7 Å². The van der Waals surface area contributed by atoms with Gasteiger partial charge in [-0.1, -0.05) is 12.1 Å². The highest BCUT2D eigenvalue weighted by molar-refractivity contribution is 6.05. The van der Waals surface area contributed by atoms with E-state index in [1.807, 2.05) is 13.0 Å². The van der Waals surface area contributed by atoms with Crippen LogP contribution in [0.1, 0.15) is 22.8 Å². The number of benzene rings is 1. The number of carbonyl (C=O) groups excluding carboxylic acids is 1. The van der Waals surface area contributed by atoms with Gasteiger partial charge in [0.2, 0.25) is 11.8 Å². The van der Waals surface area contributed by atoms with Crippen molar-refractivity contribution in [1.29, 1.82) is 0 Å². The largest absolute Gasteiger partial charge is 0.492 e. The van der Waals surface area contributed by atoms with E-state index < -0.39 is 22.9 Å². The molecule has 1 amide bonds. The number of anilines is 2. The fraction of sp³-hybridized carbons (Fsp3) is 0.188. The van der Waals surface area contributed by atoms with Crippen molar-refractivity contribution in [3.05, 3.63) is 51.8 Å². The zero-order valence-electron chi connectivity index (χ0n) is 13.4. The summed E-state index contributed by atoms with van der Waals surface area (Å²) in [5.41, 5.74) is 0.942. The SMILES string of the molecule is CCNc1nc(O)c(C(=O)Nc2ccc(C3=CCN=N3)cc2)c(=O)[nH]1. The Labute approximate surface area is 142 Å². The number of nitrogens with one attached hydrogen (secondary N) is 3. The second-order valence-electron chi connectivity index (χ2n) is 5.19. The van der Waals surface area contributed by atoms with Crippen molar-refractivity contribution in [1.82, 2.24) is 9.97 Å². The molecule has 25 heavy (non-hydrogen) atoms. The maximum absolute atomic E-state index is 12.3. The summed E-state index contributed by atoms with van der Waals surface area (Å²) >= 11 is 0. The minimum Gasteiger partial charge on any atom is -0.492 e. The number of H-pyrrole nitrogens is 1. The Bertz CT molecular complexity index is 914. The lowest BCUT2D eigenvalue weighted by atomic mass is 10.1. The van der Waals surface area contributed by atoms with Crippen molar-refractivity contribution in [3.63, 3.8) is 0 Å². The Morgan fingerprint density at radius 2 is 2.08 bits per heavy atom. The van der Waals surface area contributed by atoms with Crippen LogP contribution in [-0.4, -0.2) is 34.1 Å². The highest BCUT2D eigenvalue weighted by Crippen LogP contribution is 2.22. The van der Waals surface area contributed by atoms with Gasteiger partial charge in [-0.05, 0) is 25.1 Å². The summed E-state index contributed by atoms with van der Waals surface area (Å²) in [6.07, 6.45) is 1.89. The van der Waals surface area contributed by atoms with E-state index in [-0.39, 0.29) is 5.95 Å². The molecule has 0 atom stereocenters. The molecule has 1 aromatic heterocycles. The molecule has 0 bridgehead atoms. The van der Waals surface area contributed by atoms with Crippen LogP contribution in [0.2, 0.25) is 0 Å². The highest BCUT2D eigenvalue weighted by atomic mass is 16.3. The molecule has 4 N–H and O–H groups in total. The smallest absolute Gasteiger partial charge is 0.269 e. The van der Waals surface area contributed by atoms with Gasteiger partial charge in [0.1, 0.15) is 0 Å². The van der Waals surface area contributed by atoms with Crippen LogP contribution in [0.3, 0.4) is 0 Å². The molecule has 2 heterocycles. The normalized spacial score (nSPS) is 12.8. The molecule has 3 rings (SSSR count). The van der Waals surface area contributed by atoms with Crippen LogP contribution in [0.5, 0.6) is 5.88 Å². The molecular formula is C16H16N6O3. The predicted molar refractivity (Wildman–Crippen MR) is 92.8 cm³/mol. The average Bonchev–Trinajstić information content (AvgIpc) is 3.09. The predicted octanol–water partition coefficient (Wildman–Crippen LogP) is 1.97. The number of hydrogen-bond acceptors (Lipinski definition) is 7. The van der Waals surface area contributed by atoms with Crippen LogP contribution >= 0.6 is 0 Å². The average molecular weight is 340 g/mol. The van der Waals surface area contributed by atoms with Crippen molar-refractivity contribution in [3.8, 4) is 5.88 Å². The highest BCUT2D eigenvalue weighted by Gasteiger charge is 2.19. The number of aromatic amines is 1. The van der Waals surface area contributed by atoms with Gasteiger partial charge in [0, 0.05) is 17.8 Å². The maximum atomic E-state index is 12.3. The Morgan fingerprint density at radius 1 is 1.32 bits per heavy atom. The van der Waals surface area contributed by atoms with Crippen molar-refractivity contribution in [2.75, 3.05) is 23.7 Å². The van der Waals surface area contributed by atoms with E-state index in [0.29, 0.717) is 18.8 Å². The van der Waals surface area contributed by atoms with E-state index in [2.05, 4.69) is 30.8 Å². The third-order valence-corrected chi connectivity index (χ3v) is 3.45. The Morgan fingerprint density at radius 3 is 2.68 bits per heavy atom. The van der Waals surface area contributed by atoms with E-state index in [0.717, 1.165) is 11.3 Å². The number of amides is 1. The summed E-state index contributed by atoms with van der Waals surface area (Å²) in [6, 6.07) is 6.91. The summed E-state index contributed by atoms with van der Waals surface area (Å²) in [6.45, 7) is 2.88. The van der Waals surface area contributed by atoms with Crippen molar-refractivity contribution in [2.45, 2.75) is 6.92 Å². The first-order chi connectivity index (χ1) is 12.1. The van der Waals surface area contributed by atoms with Crippen LogP contribution < -0.4 is 16.2 Å². The lowest BCUT2D eigenvalue weighted by Crippen LogP contribution is -2.25. The second kappa shape index (κ2) is 6.95. The third-order valence-electron chi connectivity index (χ3n) is 3.45. The van der Waals surface area contributed by atoms with Crippen LogP contribution in [0, 0.1) is 0 Å². The molecule has 9 nitrogen and oxygen atoms in total. The molecule has 0 radical (unpaired) electrons. The monoisotopic (exact) mass is 340 g/mol. The maximum Gasteiger partial charge on any atom is 0.269 e. The minimum atomic E-state index is -0.748. The number of aromatic nitrogens is 2. The molecule has 0 aliphatic carbocycles. The summed E-state index contributed by atoms with van der Waals surface area (Å²) in [5, 5.41) is 23.1. The van der Waals surface area contributed by atoms with E-state index in [1.54, 1.807) is 24.3 Å². The number of carbonyl (C=O) groups is 1. The minimum absolute atomic E-state index is 0.102. The van der Waals surface area contributed by atoms with Crippen LogP contribution in [0.4, 0.5) is 11.6 Å². The number of azo groups is 1. The molecule has 9 heteroatoms. The zero-order chi connectivity index (χ0) is 17.8. The van der Waals surface area contributed by atoms with Gasteiger partial charge in [0.15, 0.2) is 5.56 Å². The first kappa shape index (κ1) is 16.4. The van der Waals surface area contributed by atoms with Gasteiger partial charge in [-0.25, -0.2) is 0 Å². The van der Waals surface area contributed by atoms with Crippen molar-refractivity contribution in [2.24, 2.45) is 10.2 Å². The summed E-state index contributed by atoms with van der Waals surface area (Å²) < 4.78 is 0. The Hall–Kier alpha value is -3.49. The molecule has 0 unspecified atom stereocenters. The van der Waals surface area contributed by atoms with E-state index in [1.165, 1.54) is 0 Å². The molecule has 1 aromatic carbocycles. The van der Waals surface area contributed by atoms with Crippen LogP contribution in [0.25, 0.3) is 5.70 Å². The van der Waals surface area contributed by atoms with Gasteiger partial charge in [0.05, 0.1) is 12.2 Å². The molecule has 1 aliphatic rings. The molecule has 2 aromatic rings. The van der Waals surface area contributed by atoms with Crippen LogP contribution in [0.15, 0.2) is 45.4 Å². The molecule has 0 spiro atoms. The lowest BCUT2D eigenvalue weighted by Gasteiger charge is -2.08. The van der Waals surface area contributed by atoms with E-state index >= 15 is 0 Å². The van der Waals surface area contributed by atoms with Gasteiger partial charge in [-0.3, -0.25) is 14.6 Å². The number of nitrogens with zero attached hydrogens (tertiary/aromatic N) is 3. The molecule has 0 saturated carbocycles. The second-order valence-corrected chi connectivity index (χ2v) is 5.19. The quantitative estimate of drug-likeness (QED) is 0.660. The zero-order valence-corrected chi connectivity index (χ0v) is 13.4. The standard InChI is InChI=1S/C16H16N6O3/c1-2-17-16-20-14(24)12(15(25)21-16)13(23)19-10-5-3-9(4-6-10)11-7-8-18-22-11/h3-7H,2,8H2,1H3,(H,19,23)(H3,17,20,21,24,25). The fourth-order valence-electron chi connectivity index (χ4n) is 2.30. The summed E-state index contributed by atoms with van der Waals surface area (Å²) in [5.74, 6) is -1.28. The lowest BCUT2D eigenvalue weighted by molar-refractivity contribution is 0.102. The van der Waals surface area contributed by atoms with E-state index in [9.17, 15) is 14.7 Å². The number of aromatic hydroxyl groups is 1. The molecule has 128 valence electrons. The topological polar surface area (TPSA) is 132 Å². The third kappa shape index (κ3) is 3.55. The van der Waals surface area contributed by atoms with Crippen molar-refractivity contribution < 1.29 is 9.90 Å². The first-order valence-electron chi connectivity index (χ1n) is 7.65. The Balaban J connectivity index is 1.78. The van der Waals surface area contributed by atoms with Crippen LogP contribution in [-0.2, 0) is 0 Å². The van der Waals surface area contributed by atoms with Gasteiger partial charge in [-0.15, -0.1) is 0 Å². The van der Waals surface area contributed by atoms with Gasteiger partial charge in [-0.2, -0.15) is 15.2 Å². The fourth-order valence-corrected chi connectivity index (χ4v) is 2.30. The van der Waals surface area contributed by atoms with E-state index in [4.69, 9.17) is 0 Å². The molecule has 0 fully saturated rings.